The van der Waals surface area contributed by atoms with Gasteiger partial charge in [-0.1, -0.05) is 35.9 Å². The molecular weight excluding hydrogens is 261 g/mol. The van der Waals surface area contributed by atoms with Crippen molar-refractivity contribution in [1.82, 2.24) is 5.32 Å². The minimum Gasteiger partial charge on any atom is -0.306 e. The van der Waals surface area contributed by atoms with Crippen molar-refractivity contribution in [2.24, 2.45) is 0 Å². The Morgan fingerprint density at radius 3 is 2.63 bits per heavy atom. The fourth-order valence-electron chi connectivity index (χ4n) is 2.06. The first-order chi connectivity index (χ1) is 9.08. The van der Waals surface area contributed by atoms with E-state index in [4.69, 9.17) is 11.6 Å². The molecule has 0 spiro atoms. The fraction of sp³-hybridized carbons (Fsp3) is 0.250. The molecule has 2 aromatic rings. The zero-order valence-electron chi connectivity index (χ0n) is 11.1. The largest absolute Gasteiger partial charge is 0.306 e. The third-order valence-electron chi connectivity index (χ3n) is 3.28. The van der Waals surface area contributed by atoms with Crippen molar-refractivity contribution >= 4 is 11.6 Å². The van der Waals surface area contributed by atoms with Crippen LogP contribution in [-0.4, -0.2) is 0 Å². The first kappa shape index (κ1) is 14.0. The average molecular weight is 278 g/mol. The normalized spacial score (nSPS) is 12.4. The maximum atomic E-state index is 13.6. The number of nitrogens with one attached hydrogen (secondary N) is 1. The molecule has 1 atom stereocenters. The standard InChI is InChI=1S/C16H17ClFN/c1-11-9-14(17)8-7-13(11)10-19-12(2)15-5-3-4-6-16(15)18/h3-9,12,19H,10H2,1-2H3. The Balaban J connectivity index is 2.04. The Bertz CT molecular complexity index is 568. The van der Waals surface area contributed by atoms with Gasteiger partial charge in [0, 0.05) is 23.2 Å². The summed E-state index contributed by atoms with van der Waals surface area (Å²) in [6, 6.07) is 12.6. The molecule has 0 aliphatic rings. The Labute approximate surface area is 118 Å². The van der Waals surface area contributed by atoms with E-state index in [1.165, 1.54) is 11.6 Å². The van der Waals surface area contributed by atoms with Crippen LogP contribution in [0.5, 0.6) is 0 Å². The molecular formula is C16H17ClFN. The summed E-state index contributed by atoms with van der Waals surface area (Å²) in [5, 5.41) is 4.07. The summed E-state index contributed by atoms with van der Waals surface area (Å²) in [7, 11) is 0. The first-order valence-electron chi connectivity index (χ1n) is 6.31. The third kappa shape index (κ3) is 3.55. The average Bonchev–Trinajstić information content (AvgIpc) is 2.38. The number of rotatable bonds is 4. The van der Waals surface area contributed by atoms with Gasteiger partial charge in [-0.25, -0.2) is 4.39 Å². The van der Waals surface area contributed by atoms with Gasteiger partial charge in [0.25, 0.3) is 0 Å². The van der Waals surface area contributed by atoms with Crippen molar-refractivity contribution in [3.05, 3.63) is 70.0 Å². The number of aryl methyl sites for hydroxylation is 1. The molecule has 0 aromatic heterocycles. The highest BCUT2D eigenvalue weighted by molar-refractivity contribution is 6.30. The Kier molecular flexibility index (Phi) is 4.56. The molecule has 1 nitrogen and oxygen atoms in total. The third-order valence-corrected chi connectivity index (χ3v) is 3.51. The van der Waals surface area contributed by atoms with Crippen molar-refractivity contribution in [2.75, 3.05) is 0 Å². The van der Waals surface area contributed by atoms with Crippen LogP contribution < -0.4 is 5.32 Å². The smallest absolute Gasteiger partial charge is 0.127 e. The van der Waals surface area contributed by atoms with Crippen LogP contribution in [0, 0.1) is 12.7 Å². The van der Waals surface area contributed by atoms with Crippen LogP contribution in [0.15, 0.2) is 42.5 Å². The second-order valence-electron chi connectivity index (χ2n) is 4.69. The molecule has 0 bridgehead atoms. The molecule has 2 aromatic carbocycles. The molecule has 0 saturated carbocycles. The van der Waals surface area contributed by atoms with E-state index in [1.807, 2.05) is 44.2 Å². The van der Waals surface area contributed by atoms with Crippen LogP contribution in [0.1, 0.15) is 29.7 Å². The lowest BCUT2D eigenvalue weighted by atomic mass is 10.1. The Morgan fingerprint density at radius 2 is 1.95 bits per heavy atom. The molecule has 1 N–H and O–H groups in total. The molecule has 0 aliphatic carbocycles. The zero-order chi connectivity index (χ0) is 13.8. The lowest BCUT2D eigenvalue weighted by Gasteiger charge is -2.16. The van der Waals surface area contributed by atoms with E-state index in [-0.39, 0.29) is 11.9 Å². The number of hydrogen-bond donors (Lipinski definition) is 1. The molecule has 2 rings (SSSR count). The van der Waals surface area contributed by atoms with Crippen molar-refractivity contribution in [3.63, 3.8) is 0 Å². The number of halogens is 2. The van der Waals surface area contributed by atoms with Crippen LogP contribution in [0.2, 0.25) is 5.02 Å². The maximum Gasteiger partial charge on any atom is 0.127 e. The summed E-state index contributed by atoms with van der Waals surface area (Å²) in [5.74, 6) is -0.171. The number of hydrogen-bond acceptors (Lipinski definition) is 1. The summed E-state index contributed by atoms with van der Waals surface area (Å²) < 4.78 is 13.6. The van der Waals surface area contributed by atoms with Crippen LogP contribution in [0.4, 0.5) is 4.39 Å². The summed E-state index contributed by atoms with van der Waals surface area (Å²) in [4.78, 5) is 0. The minimum absolute atomic E-state index is 0.0312. The Hall–Kier alpha value is -1.38. The predicted octanol–water partition coefficient (Wildman–Crippen LogP) is 4.64. The molecule has 0 saturated heterocycles. The predicted molar refractivity (Wildman–Crippen MR) is 77.8 cm³/mol. The fourth-order valence-corrected chi connectivity index (χ4v) is 2.28. The summed E-state index contributed by atoms with van der Waals surface area (Å²) in [5.41, 5.74) is 3.00. The van der Waals surface area contributed by atoms with Gasteiger partial charge in [0.15, 0.2) is 0 Å². The maximum absolute atomic E-state index is 13.6. The van der Waals surface area contributed by atoms with Crippen LogP contribution in [0.3, 0.4) is 0 Å². The van der Waals surface area contributed by atoms with Gasteiger partial charge in [0.1, 0.15) is 5.82 Å². The lowest BCUT2D eigenvalue weighted by Crippen LogP contribution is -2.19. The van der Waals surface area contributed by atoms with Crippen LogP contribution >= 0.6 is 11.6 Å². The molecule has 100 valence electrons. The van der Waals surface area contributed by atoms with Gasteiger partial charge >= 0.3 is 0 Å². The highest BCUT2D eigenvalue weighted by Gasteiger charge is 2.10. The summed E-state index contributed by atoms with van der Waals surface area (Å²) in [6.07, 6.45) is 0. The van der Waals surface area contributed by atoms with E-state index < -0.39 is 0 Å². The molecule has 0 fully saturated rings. The quantitative estimate of drug-likeness (QED) is 0.858. The molecule has 3 heteroatoms. The SMILES string of the molecule is Cc1cc(Cl)ccc1CNC(C)c1ccccc1F. The lowest BCUT2D eigenvalue weighted by molar-refractivity contribution is 0.527. The highest BCUT2D eigenvalue weighted by atomic mass is 35.5. The summed E-state index contributed by atoms with van der Waals surface area (Å²) in [6.45, 7) is 4.68. The van der Waals surface area contributed by atoms with Gasteiger partial charge in [-0.15, -0.1) is 0 Å². The van der Waals surface area contributed by atoms with E-state index in [0.29, 0.717) is 12.1 Å². The topological polar surface area (TPSA) is 12.0 Å². The molecule has 0 heterocycles. The van der Waals surface area contributed by atoms with Crippen molar-refractivity contribution < 1.29 is 4.39 Å². The van der Waals surface area contributed by atoms with E-state index in [1.54, 1.807) is 6.07 Å². The second-order valence-corrected chi connectivity index (χ2v) is 5.13. The molecule has 0 amide bonds. The monoisotopic (exact) mass is 277 g/mol. The second kappa shape index (κ2) is 6.18. The van der Waals surface area contributed by atoms with Gasteiger partial charge < -0.3 is 5.32 Å². The zero-order valence-corrected chi connectivity index (χ0v) is 11.8. The van der Waals surface area contributed by atoms with E-state index in [2.05, 4.69) is 5.32 Å². The van der Waals surface area contributed by atoms with Crippen molar-refractivity contribution in [1.29, 1.82) is 0 Å². The molecule has 1 unspecified atom stereocenters. The Morgan fingerprint density at radius 1 is 1.21 bits per heavy atom. The number of benzene rings is 2. The molecule has 0 radical (unpaired) electrons. The van der Waals surface area contributed by atoms with Gasteiger partial charge in [-0.3, -0.25) is 0 Å². The first-order valence-corrected chi connectivity index (χ1v) is 6.68. The van der Waals surface area contributed by atoms with Crippen molar-refractivity contribution in [3.8, 4) is 0 Å². The van der Waals surface area contributed by atoms with Gasteiger partial charge in [0.05, 0.1) is 0 Å². The van der Waals surface area contributed by atoms with Crippen molar-refractivity contribution in [2.45, 2.75) is 26.4 Å². The van der Waals surface area contributed by atoms with E-state index in [0.717, 1.165) is 10.6 Å². The molecule has 0 aliphatic heterocycles. The molecule has 19 heavy (non-hydrogen) atoms. The van der Waals surface area contributed by atoms with Gasteiger partial charge in [0.2, 0.25) is 0 Å². The van der Waals surface area contributed by atoms with Crippen LogP contribution in [-0.2, 0) is 6.54 Å². The van der Waals surface area contributed by atoms with Gasteiger partial charge in [-0.05, 0) is 43.2 Å². The van der Waals surface area contributed by atoms with E-state index in [9.17, 15) is 4.39 Å². The van der Waals surface area contributed by atoms with E-state index >= 15 is 0 Å². The highest BCUT2D eigenvalue weighted by Crippen LogP contribution is 2.19. The van der Waals surface area contributed by atoms with Crippen LogP contribution in [0.25, 0.3) is 0 Å². The summed E-state index contributed by atoms with van der Waals surface area (Å²) >= 11 is 5.93. The van der Waals surface area contributed by atoms with Gasteiger partial charge in [-0.2, -0.15) is 0 Å². The minimum atomic E-state index is -0.171.